The summed E-state index contributed by atoms with van der Waals surface area (Å²) in [5.41, 5.74) is 2.38. The van der Waals surface area contributed by atoms with Gasteiger partial charge in [0, 0.05) is 33.9 Å². The summed E-state index contributed by atoms with van der Waals surface area (Å²) in [6, 6.07) is 15.8. The van der Waals surface area contributed by atoms with E-state index in [0.29, 0.717) is 6.61 Å². The van der Waals surface area contributed by atoms with Crippen LogP contribution in [0.15, 0.2) is 67.3 Å². The molecule has 0 amide bonds. The average Bonchev–Trinajstić information content (AvgIpc) is 3.15. The third-order valence-electron chi connectivity index (χ3n) is 3.86. The minimum absolute atomic E-state index is 0.0946. The Labute approximate surface area is 168 Å². The van der Waals surface area contributed by atoms with Crippen molar-refractivity contribution in [2.75, 3.05) is 5.75 Å². The van der Waals surface area contributed by atoms with Gasteiger partial charge >= 0.3 is 0 Å². The Morgan fingerprint density at radius 2 is 1.62 bits per heavy atom. The molecule has 0 aliphatic heterocycles. The van der Waals surface area contributed by atoms with E-state index >= 15 is 0 Å². The van der Waals surface area contributed by atoms with Crippen LogP contribution in [0.4, 0.5) is 0 Å². The third kappa shape index (κ3) is 6.36. The van der Waals surface area contributed by atoms with Gasteiger partial charge in [-0.3, -0.25) is 0 Å². The van der Waals surface area contributed by atoms with Gasteiger partial charge < -0.3 is 9.30 Å². The van der Waals surface area contributed by atoms with Gasteiger partial charge in [-0.05, 0) is 35.4 Å². The van der Waals surface area contributed by atoms with Gasteiger partial charge in [0.25, 0.3) is 0 Å². The summed E-state index contributed by atoms with van der Waals surface area (Å²) in [7, 11) is 0. The van der Waals surface area contributed by atoms with E-state index in [1.54, 1.807) is 6.20 Å². The molecule has 0 bridgehead atoms. The van der Waals surface area contributed by atoms with Crippen LogP contribution in [0.2, 0.25) is 10.0 Å². The number of thioether (sulfide) groups is 1. The molecule has 0 saturated carbocycles. The van der Waals surface area contributed by atoms with E-state index in [2.05, 4.69) is 21.7 Å². The molecule has 3 rings (SSSR count). The fourth-order valence-corrected chi connectivity index (χ4v) is 3.73. The van der Waals surface area contributed by atoms with E-state index < -0.39 is 0 Å². The number of aromatic nitrogens is 2. The first-order valence-corrected chi connectivity index (χ1v) is 10.2. The summed E-state index contributed by atoms with van der Waals surface area (Å²) in [4.78, 5) is 4.11. The molecule has 1 unspecified atom stereocenters. The Bertz CT molecular complexity index is 777. The molecule has 0 radical (unpaired) electrons. The Balaban J connectivity index is 1.53. The van der Waals surface area contributed by atoms with Gasteiger partial charge in [-0.15, -0.1) is 0 Å². The number of halogens is 2. The van der Waals surface area contributed by atoms with Crippen LogP contribution in [-0.2, 0) is 23.6 Å². The monoisotopic (exact) mass is 406 g/mol. The zero-order valence-corrected chi connectivity index (χ0v) is 16.6. The predicted molar refractivity (Wildman–Crippen MR) is 110 cm³/mol. The normalized spacial score (nSPS) is 12.2. The van der Waals surface area contributed by atoms with Crippen molar-refractivity contribution < 1.29 is 4.74 Å². The van der Waals surface area contributed by atoms with Gasteiger partial charge in [-0.25, -0.2) is 4.98 Å². The largest absolute Gasteiger partial charge is 0.371 e. The standard InChI is InChI=1S/C20H20Cl2N2OS/c21-18-5-1-16(2-6-18)12-25-20(11-24-10-9-23-15-24)14-26-13-17-3-7-19(22)8-4-17/h1-10,15,20H,11-14H2. The van der Waals surface area contributed by atoms with E-state index in [4.69, 9.17) is 27.9 Å². The molecule has 3 nitrogen and oxygen atoms in total. The van der Waals surface area contributed by atoms with Gasteiger partial charge in [-0.2, -0.15) is 11.8 Å². The molecule has 1 atom stereocenters. The van der Waals surface area contributed by atoms with Gasteiger partial charge in [0.05, 0.1) is 25.6 Å². The molecule has 0 spiro atoms. The lowest BCUT2D eigenvalue weighted by Crippen LogP contribution is -2.22. The van der Waals surface area contributed by atoms with E-state index in [0.717, 1.165) is 33.7 Å². The van der Waals surface area contributed by atoms with E-state index in [1.807, 2.05) is 60.7 Å². The molecule has 6 heteroatoms. The predicted octanol–water partition coefficient (Wildman–Crippen LogP) is 5.71. The van der Waals surface area contributed by atoms with Gasteiger partial charge in [-0.1, -0.05) is 47.5 Å². The summed E-state index contributed by atoms with van der Waals surface area (Å²) in [6.45, 7) is 1.35. The van der Waals surface area contributed by atoms with E-state index in [1.165, 1.54) is 5.56 Å². The van der Waals surface area contributed by atoms with Crippen LogP contribution in [0.5, 0.6) is 0 Å². The van der Waals surface area contributed by atoms with Crippen molar-refractivity contribution >= 4 is 35.0 Å². The molecule has 3 aromatic rings. The average molecular weight is 407 g/mol. The van der Waals surface area contributed by atoms with Crippen molar-refractivity contribution in [3.8, 4) is 0 Å². The zero-order valence-electron chi connectivity index (χ0n) is 14.2. The molecule has 0 saturated heterocycles. The minimum atomic E-state index is 0.0946. The first-order chi connectivity index (χ1) is 12.7. The van der Waals surface area contributed by atoms with Crippen molar-refractivity contribution in [1.29, 1.82) is 0 Å². The fraction of sp³-hybridized carbons (Fsp3) is 0.250. The number of imidazole rings is 1. The lowest BCUT2D eigenvalue weighted by Gasteiger charge is -2.18. The number of nitrogens with zero attached hydrogens (tertiary/aromatic N) is 2. The molecule has 0 fully saturated rings. The highest BCUT2D eigenvalue weighted by atomic mass is 35.5. The molecule has 1 heterocycles. The summed E-state index contributed by atoms with van der Waals surface area (Å²) in [5.74, 6) is 1.83. The second kappa shape index (κ2) is 10.0. The maximum Gasteiger partial charge on any atom is 0.0946 e. The van der Waals surface area contributed by atoms with Crippen LogP contribution in [0, 0.1) is 0 Å². The van der Waals surface area contributed by atoms with Gasteiger partial charge in [0.1, 0.15) is 0 Å². The fourth-order valence-electron chi connectivity index (χ4n) is 2.47. The maximum absolute atomic E-state index is 6.16. The van der Waals surface area contributed by atoms with Gasteiger partial charge in [0.15, 0.2) is 0 Å². The quantitative estimate of drug-likeness (QED) is 0.455. The molecule has 1 aromatic heterocycles. The van der Waals surface area contributed by atoms with Crippen LogP contribution < -0.4 is 0 Å². The lowest BCUT2D eigenvalue weighted by atomic mass is 10.2. The highest BCUT2D eigenvalue weighted by Gasteiger charge is 2.11. The topological polar surface area (TPSA) is 27.1 Å². The summed E-state index contributed by atoms with van der Waals surface area (Å²) >= 11 is 13.7. The van der Waals surface area contributed by atoms with Crippen LogP contribution in [0.1, 0.15) is 11.1 Å². The molecular weight excluding hydrogens is 387 g/mol. The van der Waals surface area contributed by atoms with Crippen molar-refractivity contribution in [3.05, 3.63) is 88.4 Å². The van der Waals surface area contributed by atoms with E-state index in [-0.39, 0.29) is 6.10 Å². The summed E-state index contributed by atoms with van der Waals surface area (Å²) in [6.07, 6.45) is 5.67. The molecule has 0 aliphatic rings. The van der Waals surface area contributed by atoms with Crippen LogP contribution >= 0.6 is 35.0 Å². The smallest absolute Gasteiger partial charge is 0.0946 e. The Morgan fingerprint density at radius 1 is 0.962 bits per heavy atom. The molecule has 26 heavy (non-hydrogen) atoms. The molecule has 2 aromatic carbocycles. The number of hydrogen-bond acceptors (Lipinski definition) is 3. The minimum Gasteiger partial charge on any atom is -0.371 e. The van der Waals surface area contributed by atoms with Crippen LogP contribution in [0.25, 0.3) is 0 Å². The molecular formula is C20H20Cl2N2OS. The van der Waals surface area contributed by atoms with Crippen molar-refractivity contribution in [2.45, 2.75) is 25.0 Å². The molecule has 0 aliphatic carbocycles. The number of rotatable bonds is 9. The Kier molecular flexibility index (Phi) is 7.44. The van der Waals surface area contributed by atoms with Crippen LogP contribution in [0.3, 0.4) is 0 Å². The number of ether oxygens (including phenoxy) is 1. The highest BCUT2D eigenvalue weighted by molar-refractivity contribution is 7.98. The first kappa shape index (κ1) is 19.3. The van der Waals surface area contributed by atoms with Crippen LogP contribution in [-0.4, -0.2) is 21.4 Å². The third-order valence-corrected chi connectivity index (χ3v) is 5.51. The number of hydrogen-bond donors (Lipinski definition) is 0. The van der Waals surface area contributed by atoms with Gasteiger partial charge in [0.2, 0.25) is 0 Å². The zero-order chi connectivity index (χ0) is 18.2. The van der Waals surface area contributed by atoms with Crippen molar-refractivity contribution in [2.24, 2.45) is 0 Å². The van der Waals surface area contributed by atoms with Crippen molar-refractivity contribution in [1.82, 2.24) is 9.55 Å². The number of benzene rings is 2. The van der Waals surface area contributed by atoms with E-state index in [9.17, 15) is 0 Å². The second-order valence-electron chi connectivity index (χ2n) is 5.96. The second-order valence-corrected chi connectivity index (χ2v) is 7.86. The Morgan fingerprint density at radius 3 is 2.23 bits per heavy atom. The first-order valence-electron chi connectivity index (χ1n) is 8.33. The Hall–Kier alpha value is -1.46. The molecule has 136 valence electrons. The highest BCUT2D eigenvalue weighted by Crippen LogP contribution is 2.19. The summed E-state index contributed by atoms with van der Waals surface area (Å²) in [5, 5.41) is 1.50. The maximum atomic E-state index is 6.16. The lowest BCUT2D eigenvalue weighted by molar-refractivity contribution is 0.0450. The molecule has 0 N–H and O–H groups in total. The summed E-state index contributed by atoms with van der Waals surface area (Å²) < 4.78 is 8.22. The SMILES string of the molecule is Clc1ccc(COC(CSCc2ccc(Cl)cc2)Cn2ccnc2)cc1. The van der Waals surface area contributed by atoms with Crippen molar-refractivity contribution in [3.63, 3.8) is 0 Å².